The number of amides is 1. The van der Waals surface area contributed by atoms with Gasteiger partial charge in [0.1, 0.15) is 5.75 Å². The molecule has 0 aliphatic rings. The number of halogens is 1. The number of carbonyl (C=O) groups is 1. The quantitative estimate of drug-likeness (QED) is 0.891. The lowest BCUT2D eigenvalue weighted by Gasteiger charge is -2.24. The number of ether oxygens (including phenoxy) is 1. The van der Waals surface area contributed by atoms with Crippen molar-refractivity contribution in [2.75, 3.05) is 12.4 Å². The molecule has 4 heteroatoms. The Morgan fingerprint density at radius 3 is 2.43 bits per heavy atom. The summed E-state index contributed by atoms with van der Waals surface area (Å²) in [6.07, 6.45) is 0. The van der Waals surface area contributed by atoms with Crippen molar-refractivity contribution in [2.45, 2.75) is 19.3 Å². The molecule has 0 heterocycles. The van der Waals surface area contributed by atoms with Gasteiger partial charge in [-0.2, -0.15) is 0 Å². The van der Waals surface area contributed by atoms with Crippen LogP contribution in [0.2, 0.25) is 0 Å². The third-order valence-electron chi connectivity index (χ3n) is 3.47. The SMILES string of the molecule is COc1ccc(Br)cc1NC(=O)C(C)(C)c1ccccc1. The van der Waals surface area contributed by atoms with E-state index in [0.717, 1.165) is 10.0 Å². The lowest BCUT2D eigenvalue weighted by Crippen LogP contribution is -2.34. The monoisotopic (exact) mass is 347 g/mol. The molecule has 1 N–H and O–H groups in total. The van der Waals surface area contributed by atoms with Gasteiger partial charge in [-0.25, -0.2) is 0 Å². The summed E-state index contributed by atoms with van der Waals surface area (Å²) in [6.45, 7) is 3.81. The Morgan fingerprint density at radius 1 is 1.14 bits per heavy atom. The highest BCUT2D eigenvalue weighted by atomic mass is 79.9. The average molecular weight is 348 g/mol. The van der Waals surface area contributed by atoms with E-state index in [0.29, 0.717) is 11.4 Å². The molecule has 0 saturated carbocycles. The molecule has 0 bridgehead atoms. The summed E-state index contributed by atoms with van der Waals surface area (Å²) in [6, 6.07) is 15.2. The fourth-order valence-electron chi connectivity index (χ4n) is 2.04. The number of nitrogens with one attached hydrogen (secondary N) is 1. The van der Waals surface area contributed by atoms with Crippen LogP contribution in [0.3, 0.4) is 0 Å². The van der Waals surface area contributed by atoms with Crippen LogP contribution in [0.4, 0.5) is 5.69 Å². The Morgan fingerprint density at radius 2 is 1.81 bits per heavy atom. The van der Waals surface area contributed by atoms with Crippen molar-refractivity contribution in [3.63, 3.8) is 0 Å². The Bertz CT molecular complexity index is 638. The van der Waals surface area contributed by atoms with Crippen LogP contribution in [0.15, 0.2) is 53.0 Å². The summed E-state index contributed by atoms with van der Waals surface area (Å²) < 4.78 is 6.17. The van der Waals surface area contributed by atoms with Gasteiger partial charge in [0, 0.05) is 4.47 Å². The Balaban J connectivity index is 2.27. The summed E-state index contributed by atoms with van der Waals surface area (Å²) in [7, 11) is 1.58. The first-order valence-electron chi connectivity index (χ1n) is 6.65. The smallest absolute Gasteiger partial charge is 0.234 e. The van der Waals surface area contributed by atoms with Gasteiger partial charge in [0.05, 0.1) is 18.2 Å². The van der Waals surface area contributed by atoms with E-state index in [1.807, 2.05) is 62.4 Å². The molecule has 0 saturated heterocycles. The van der Waals surface area contributed by atoms with Crippen molar-refractivity contribution < 1.29 is 9.53 Å². The van der Waals surface area contributed by atoms with Crippen LogP contribution >= 0.6 is 15.9 Å². The molecule has 110 valence electrons. The fraction of sp³-hybridized carbons (Fsp3) is 0.235. The van der Waals surface area contributed by atoms with E-state index in [2.05, 4.69) is 21.2 Å². The van der Waals surface area contributed by atoms with Crippen molar-refractivity contribution in [3.05, 3.63) is 58.6 Å². The van der Waals surface area contributed by atoms with Crippen LogP contribution in [-0.2, 0) is 10.2 Å². The molecule has 0 aliphatic heterocycles. The van der Waals surface area contributed by atoms with E-state index in [1.165, 1.54) is 0 Å². The van der Waals surface area contributed by atoms with Gasteiger partial charge < -0.3 is 10.1 Å². The number of carbonyl (C=O) groups excluding carboxylic acids is 1. The lowest BCUT2D eigenvalue weighted by molar-refractivity contribution is -0.120. The zero-order chi connectivity index (χ0) is 15.5. The van der Waals surface area contributed by atoms with Crippen molar-refractivity contribution in [1.82, 2.24) is 0 Å². The standard InChI is InChI=1S/C17H18BrNO2/c1-17(2,12-7-5-4-6-8-12)16(20)19-14-11-13(18)9-10-15(14)21-3/h4-11H,1-3H3,(H,19,20). The number of methoxy groups -OCH3 is 1. The van der Waals surface area contributed by atoms with E-state index >= 15 is 0 Å². The molecular weight excluding hydrogens is 330 g/mol. The molecule has 1 amide bonds. The molecule has 2 aromatic carbocycles. The van der Waals surface area contributed by atoms with Crippen LogP contribution in [0.1, 0.15) is 19.4 Å². The zero-order valence-corrected chi connectivity index (χ0v) is 13.9. The molecule has 0 spiro atoms. The first kappa shape index (κ1) is 15.6. The highest BCUT2D eigenvalue weighted by molar-refractivity contribution is 9.10. The highest BCUT2D eigenvalue weighted by Crippen LogP contribution is 2.31. The molecular formula is C17H18BrNO2. The topological polar surface area (TPSA) is 38.3 Å². The normalized spacial score (nSPS) is 11.0. The summed E-state index contributed by atoms with van der Waals surface area (Å²) in [5, 5.41) is 2.95. The van der Waals surface area contributed by atoms with Gasteiger partial charge in [0.2, 0.25) is 5.91 Å². The maximum Gasteiger partial charge on any atom is 0.234 e. The van der Waals surface area contributed by atoms with E-state index in [4.69, 9.17) is 4.74 Å². The van der Waals surface area contributed by atoms with Crippen LogP contribution < -0.4 is 10.1 Å². The van der Waals surface area contributed by atoms with Crippen molar-refractivity contribution in [3.8, 4) is 5.75 Å². The van der Waals surface area contributed by atoms with Gasteiger partial charge in [-0.15, -0.1) is 0 Å². The minimum Gasteiger partial charge on any atom is -0.495 e. The minimum absolute atomic E-state index is 0.0786. The maximum atomic E-state index is 12.6. The summed E-state index contributed by atoms with van der Waals surface area (Å²) in [5.74, 6) is 0.556. The van der Waals surface area contributed by atoms with Gasteiger partial charge in [-0.05, 0) is 37.6 Å². The molecule has 0 radical (unpaired) electrons. The molecule has 0 unspecified atom stereocenters. The lowest BCUT2D eigenvalue weighted by atomic mass is 9.83. The summed E-state index contributed by atoms with van der Waals surface area (Å²) in [4.78, 5) is 12.6. The molecule has 3 nitrogen and oxygen atoms in total. The van der Waals surface area contributed by atoms with Crippen LogP contribution in [0.25, 0.3) is 0 Å². The predicted octanol–water partition coefficient (Wildman–Crippen LogP) is 4.37. The van der Waals surface area contributed by atoms with Crippen molar-refractivity contribution >= 4 is 27.5 Å². The first-order valence-corrected chi connectivity index (χ1v) is 7.45. The summed E-state index contributed by atoms with van der Waals surface area (Å²) in [5.41, 5.74) is 0.992. The largest absolute Gasteiger partial charge is 0.495 e. The Labute approximate surface area is 133 Å². The molecule has 0 fully saturated rings. The zero-order valence-electron chi connectivity index (χ0n) is 12.3. The molecule has 2 rings (SSSR count). The number of rotatable bonds is 4. The molecule has 0 aliphatic carbocycles. The van der Waals surface area contributed by atoms with Crippen molar-refractivity contribution in [2.24, 2.45) is 0 Å². The van der Waals surface area contributed by atoms with E-state index in [-0.39, 0.29) is 5.91 Å². The average Bonchev–Trinajstić information content (AvgIpc) is 2.48. The number of hydrogen-bond acceptors (Lipinski definition) is 2. The summed E-state index contributed by atoms with van der Waals surface area (Å²) >= 11 is 3.40. The van der Waals surface area contributed by atoms with E-state index < -0.39 is 5.41 Å². The highest BCUT2D eigenvalue weighted by Gasteiger charge is 2.30. The second kappa shape index (κ2) is 6.31. The Kier molecular flexibility index (Phi) is 4.68. The minimum atomic E-state index is -0.630. The molecule has 0 aromatic heterocycles. The maximum absolute atomic E-state index is 12.6. The van der Waals surface area contributed by atoms with Gasteiger partial charge in [-0.1, -0.05) is 46.3 Å². The number of anilines is 1. The third-order valence-corrected chi connectivity index (χ3v) is 3.97. The number of hydrogen-bond donors (Lipinski definition) is 1. The van der Waals surface area contributed by atoms with Crippen LogP contribution in [0.5, 0.6) is 5.75 Å². The number of benzene rings is 2. The Hall–Kier alpha value is -1.81. The van der Waals surface area contributed by atoms with Gasteiger partial charge in [0.15, 0.2) is 0 Å². The van der Waals surface area contributed by atoms with E-state index in [1.54, 1.807) is 7.11 Å². The van der Waals surface area contributed by atoms with Gasteiger partial charge in [0.25, 0.3) is 0 Å². The molecule has 0 atom stereocenters. The van der Waals surface area contributed by atoms with E-state index in [9.17, 15) is 4.79 Å². The predicted molar refractivity (Wildman–Crippen MR) is 88.8 cm³/mol. The fourth-order valence-corrected chi connectivity index (χ4v) is 2.40. The molecule has 21 heavy (non-hydrogen) atoms. The van der Waals surface area contributed by atoms with Gasteiger partial charge in [-0.3, -0.25) is 4.79 Å². The second-order valence-electron chi connectivity index (χ2n) is 5.29. The van der Waals surface area contributed by atoms with Crippen molar-refractivity contribution in [1.29, 1.82) is 0 Å². The van der Waals surface area contributed by atoms with Crippen LogP contribution in [0, 0.1) is 0 Å². The first-order chi connectivity index (χ1) is 9.95. The molecule has 2 aromatic rings. The van der Waals surface area contributed by atoms with Gasteiger partial charge >= 0.3 is 0 Å². The second-order valence-corrected chi connectivity index (χ2v) is 6.21. The van der Waals surface area contributed by atoms with Crippen LogP contribution in [-0.4, -0.2) is 13.0 Å². The third kappa shape index (κ3) is 3.45.